The van der Waals surface area contributed by atoms with Crippen LogP contribution in [0.15, 0.2) is 54.6 Å². The van der Waals surface area contributed by atoms with E-state index < -0.39 is 0 Å². The number of benzene rings is 2. The number of ether oxygens (including phenoxy) is 1. The van der Waals surface area contributed by atoms with Crippen molar-refractivity contribution in [2.75, 3.05) is 50.8 Å². The van der Waals surface area contributed by atoms with Crippen LogP contribution in [0.3, 0.4) is 0 Å². The molecule has 2 aromatic carbocycles. The molecule has 0 radical (unpaired) electrons. The summed E-state index contributed by atoms with van der Waals surface area (Å²) in [6, 6.07) is 19.0. The molecule has 0 spiro atoms. The Kier molecular flexibility index (Phi) is 6.27. The molecule has 0 aliphatic carbocycles. The largest absolute Gasteiger partial charge is 0.494 e. The average molecular weight is 391 g/mol. The van der Waals surface area contributed by atoms with Crippen molar-refractivity contribution in [3.05, 3.63) is 54.6 Å². The zero-order valence-corrected chi connectivity index (χ0v) is 17.2. The number of anilines is 1. The fraction of sp³-hybridized carbons (Fsp3) is 0.375. The van der Waals surface area contributed by atoms with Gasteiger partial charge >= 0.3 is 0 Å². The molecule has 5 nitrogen and oxygen atoms in total. The van der Waals surface area contributed by atoms with Crippen LogP contribution in [0.2, 0.25) is 0 Å². The van der Waals surface area contributed by atoms with E-state index in [-0.39, 0.29) is 0 Å². The lowest BCUT2D eigenvalue weighted by molar-refractivity contribution is 0.271. The van der Waals surface area contributed by atoms with Crippen molar-refractivity contribution in [3.63, 3.8) is 0 Å². The minimum atomic E-state index is 0.647. The van der Waals surface area contributed by atoms with Crippen LogP contribution in [-0.2, 0) is 0 Å². The number of fused-ring (bicyclic) bond motifs is 1. The minimum absolute atomic E-state index is 0.647. The van der Waals surface area contributed by atoms with E-state index in [1.54, 1.807) is 0 Å². The molecule has 1 aliphatic heterocycles. The van der Waals surface area contributed by atoms with Gasteiger partial charge < -0.3 is 20.3 Å². The normalized spacial score (nSPS) is 15.0. The lowest BCUT2D eigenvalue weighted by Gasteiger charge is -2.35. The Morgan fingerprint density at radius 1 is 1.00 bits per heavy atom. The number of rotatable bonds is 7. The average Bonchev–Trinajstić information content (AvgIpc) is 2.79. The first-order valence-electron chi connectivity index (χ1n) is 10.6. The Morgan fingerprint density at radius 3 is 2.48 bits per heavy atom. The summed E-state index contributed by atoms with van der Waals surface area (Å²) >= 11 is 0. The van der Waals surface area contributed by atoms with Gasteiger partial charge in [-0.15, -0.1) is 0 Å². The lowest BCUT2D eigenvalue weighted by atomic mass is 10.1. The van der Waals surface area contributed by atoms with Gasteiger partial charge in [-0.25, -0.2) is 4.98 Å². The minimum Gasteiger partial charge on any atom is -0.494 e. The van der Waals surface area contributed by atoms with Crippen molar-refractivity contribution in [2.45, 2.75) is 13.3 Å². The highest BCUT2D eigenvalue weighted by molar-refractivity contribution is 5.95. The second-order valence-electron chi connectivity index (χ2n) is 7.49. The highest BCUT2D eigenvalue weighted by Gasteiger charge is 2.19. The number of nitrogens with two attached hydrogens (primary N) is 1. The molecule has 1 aromatic heterocycles. The highest BCUT2D eigenvalue weighted by atomic mass is 16.5. The molecule has 5 heteroatoms. The van der Waals surface area contributed by atoms with Gasteiger partial charge in [0.05, 0.1) is 12.3 Å². The first-order valence-corrected chi connectivity index (χ1v) is 10.6. The first-order chi connectivity index (χ1) is 14.3. The molecule has 1 aliphatic rings. The topological polar surface area (TPSA) is 54.6 Å². The zero-order valence-electron chi connectivity index (χ0n) is 17.2. The third-order valence-electron chi connectivity index (χ3n) is 5.61. The molecule has 0 unspecified atom stereocenters. The van der Waals surface area contributed by atoms with Gasteiger partial charge in [-0.2, -0.15) is 0 Å². The molecule has 0 atom stereocenters. The van der Waals surface area contributed by atoms with E-state index in [4.69, 9.17) is 15.5 Å². The number of piperazine rings is 1. The summed E-state index contributed by atoms with van der Waals surface area (Å²) in [6.45, 7) is 8.85. The molecule has 0 amide bonds. The van der Waals surface area contributed by atoms with Crippen LogP contribution in [0, 0.1) is 0 Å². The third kappa shape index (κ3) is 4.52. The van der Waals surface area contributed by atoms with Gasteiger partial charge in [0.25, 0.3) is 0 Å². The smallest absolute Gasteiger partial charge is 0.137 e. The number of aromatic nitrogens is 1. The van der Waals surface area contributed by atoms with Crippen molar-refractivity contribution in [1.29, 1.82) is 0 Å². The molecule has 3 aromatic rings. The van der Waals surface area contributed by atoms with Crippen molar-refractivity contribution in [3.8, 4) is 17.0 Å². The second kappa shape index (κ2) is 9.25. The molecule has 1 saturated heterocycles. The summed E-state index contributed by atoms with van der Waals surface area (Å²) in [5.41, 5.74) is 7.65. The van der Waals surface area contributed by atoms with Crippen molar-refractivity contribution >= 4 is 16.6 Å². The van der Waals surface area contributed by atoms with E-state index in [1.807, 2.05) is 12.1 Å². The summed E-state index contributed by atoms with van der Waals surface area (Å²) in [5.74, 6) is 1.97. The van der Waals surface area contributed by atoms with Crippen LogP contribution >= 0.6 is 0 Å². The van der Waals surface area contributed by atoms with Gasteiger partial charge in [-0.1, -0.05) is 31.2 Å². The number of hydrogen-bond donors (Lipinski definition) is 1. The fourth-order valence-electron chi connectivity index (χ4n) is 3.84. The molecular formula is C24H30N4O. The number of pyridine rings is 1. The summed E-state index contributed by atoms with van der Waals surface area (Å²) in [7, 11) is 0. The van der Waals surface area contributed by atoms with Crippen LogP contribution in [0.5, 0.6) is 5.75 Å². The van der Waals surface area contributed by atoms with Gasteiger partial charge in [0.2, 0.25) is 0 Å². The Labute approximate surface area is 173 Å². The van der Waals surface area contributed by atoms with E-state index in [2.05, 4.69) is 59.2 Å². The highest BCUT2D eigenvalue weighted by Crippen LogP contribution is 2.31. The van der Waals surface area contributed by atoms with Gasteiger partial charge in [-0.3, -0.25) is 0 Å². The van der Waals surface area contributed by atoms with Crippen LogP contribution in [-0.4, -0.2) is 55.8 Å². The van der Waals surface area contributed by atoms with E-state index in [0.717, 1.165) is 62.0 Å². The first kappa shape index (κ1) is 19.7. The van der Waals surface area contributed by atoms with Gasteiger partial charge in [0.1, 0.15) is 11.6 Å². The maximum atomic E-state index is 5.73. The molecular weight excluding hydrogens is 360 g/mol. The van der Waals surface area contributed by atoms with E-state index in [1.165, 1.54) is 10.8 Å². The van der Waals surface area contributed by atoms with E-state index in [9.17, 15) is 0 Å². The Balaban J connectivity index is 1.63. The lowest BCUT2D eigenvalue weighted by Crippen LogP contribution is -2.46. The summed E-state index contributed by atoms with van der Waals surface area (Å²) in [5, 5.41) is 2.46. The Morgan fingerprint density at radius 2 is 1.76 bits per heavy atom. The van der Waals surface area contributed by atoms with Crippen LogP contribution in [0.25, 0.3) is 22.0 Å². The van der Waals surface area contributed by atoms with Crippen molar-refractivity contribution < 1.29 is 4.74 Å². The number of likely N-dealkylation sites (N-methyl/N-ethyl adjacent to an activating group) is 1. The molecule has 2 heterocycles. The molecule has 152 valence electrons. The molecule has 29 heavy (non-hydrogen) atoms. The number of nitrogens with zero attached hydrogens (tertiary/aromatic N) is 3. The third-order valence-corrected chi connectivity index (χ3v) is 5.61. The van der Waals surface area contributed by atoms with E-state index in [0.29, 0.717) is 13.2 Å². The summed E-state index contributed by atoms with van der Waals surface area (Å²) < 4.78 is 5.73. The van der Waals surface area contributed by atoms with E-state index >= 15 is 0 Å². The van der Waals surface area contributed by atoms with Crippen molar-refractivity contribution in [2.24, 2.45) is 5.73 Å². The van der Waals surface area contributed by atoms with Crippen LogP contribution in [0.1, 0.15) is 13.3 Å². The maximum Gasteiger partial charge on any atom is 0.137 e. The fourth-order valence-corrected chi connectivity index (χ4v) is 3.84. The second-order valence-corrected chi connectivity index (χ2v) is 7.49. The predicted molar refractivity (Wildman–Crippen MR) is 121 cm³/mol. The Bertz CT molecular complexity index is 933. The maximum absolute atomic E-state index is 5.73. The van der Waals surface area contributed by atoms with Gasteiger partial charge in [0.15, 0.2) is 0 Å². The monoisotopic (exact) mass is 390 g/mol. The molecule has 2 N–H and O–H groups in total. The quantitative estimate of drug-likeness (QED) is 0.623. The predicted octanol–water partition coefficient (Wildman–Crippen LogP) is 3.77. The van der Waals surface area contributed by atoms with Crippen molar-refractivity contribution in [1.82, 2.24) is 9.88 Å². The standard InChI is InChI=1S/C24H30N4O/c1-2-27-13-15-28(16-14-27)24-22-7-4-3-6-20(22)18-23(26-24)19-8-10-21(11-9-19)29-17-5-12-25/h3-4,6-11,18H,2,5,12-17,25H2,1H3. The van der Waals surface area contributed by atoms with Crippen LogP contribution < -0.4 is 15.4 Å². The zero-order chi connectivity index (χ0) is 20.1. The van der Waals surface area contributed by atoms with Gasteiger partial charge in [0, 0.05) is 37.1 Å². The summed E-state index contributed by atoms with van der Waals surface area (Å²) in [6.07, 6.45) is 0.864. The molecule has 4 rings (SSSR count). The number of hydrogen-bond acceptors (Lipinski definition) is 5. The van der Waals surface area contributed by atoms with Crippen LogP contribution in [0.4, 0.5) is 5.82 Å². The SMILES string of the molecule is CCN1CCN(c2nc(-c3ccc(OCCCN)cc3)cc3ccccc23)CC1. The molecule has 0 saturated carbocycles. The van der Waals surface area contributed by atoms with Gasteiger partial charge in [-0.05, 0) is 55.2 Å². The molecule has 0 bridgehead atoms. The molecule has 1 fully saturated rings. The Hall–Kier alpha value is -2.63. The summed E-state index contributed by atoms with van der Waals surface area (Å²) in [4.78, 5) is 10.0.